The smallest absolute Gasteiger partial charge is 0.232 e. The second-order valence-corrected chi connectivity index (χ2v) is 7.16. The summed E-state index contributed by atoms with van der Waals surface area (Å²) in [7, 11) is 0. The van der Waals surface area contributed by atoms with Crippen molar-refractivity contribution in [1.82, 2.24) is 29.9 Å². The molecule has 0 saturated heterocycles. The van der Waals surface area contributed by atoms with Crippen molar-refractivity contribution in [2.24, 2.45) is 0 Å². The van der Waals surface area contributed by atoms with E-state index in [-0.39, 0.29) is 23.9 Å². The van der Waals surface area contributed by atoms with Crippen LogP contribution in [0.25, 0.3) is 28.2 Å². The van der Waals surface area contributed by atoms with Gasteiger partial charge in [0.25, 0.3) is 0 Å². The minimum Gasteiger partial charge on any atom is -0.383 e. The van der Waals surface area contributed by atoms with Gasteiger partial charge in [0, 0.05) is 18.3 Å². The molecule has 0 spiro atoms. The summed E-state index contributed by atoms with van der Waals surface area (Å²) in [6, 6.07) is 12.5. The van der Waals surface area contributed by atoms with Crippen molar-refractivity contribution in [2.75, 3.05) is 5.73 Å². The molecule has 0 aliphatic rings. The lowest BCUT2D eigenvalue weighted by molar-refractivity contribution is 0.501. The molecule has 0 bridgehead atoms. The Kier molecular flexibility index (Phi) is 5.75. The van der Waals surface area contributed by atoms with E-state index in [0.717, 1.165) is 21.9 Å². The molecule has 0 fully saturated rings. The number of nitrogen functional groups attached to an aromatic ring is 1. The van der Waals surface area contributed by atoms with Gasteiger partial charge in [-0.1, -0.05) is 30.3 Å². The van der Waals surface area contributed by atoms with E-state index in [0.29, 0.717) is 11.1 Å². The van der Waals surface area contributed by atoms with Gasteiger partial charge in [0.15, 0.2) is 17.5 Å². The summed E-state index contributed by atoms with van der Waals surface area (Å²) in [5.74, 6) is -1.99. The molecular formula is C19H15F2N7O2S. The van der Waals surface area contributed by atoms with Crippen LogP contribution in [-0.2, 0) is 17.8 Å². The van der Waals surface area contributed by atoms with Gasteiger partial charge in [0.2, 0.25) is 11.3 Å². The molecular weight excluding hydrogens is 428 g/mol. The van der Waals surface area contributed by atoms with Crippen LogP contribution in [0.2, 0.25) is 0 Å². The van der Waals surface area contributed by atoms with Crippen molar-refractivity contribution < 1.29 is 17.5 Å². The molecule has 12 heteroatoms. The van der Waals surface area contributed by atoms with Crippen molar-refractivity contribution in [3.63, 3.8) is 0 Å². The number of nitrogens with zero attached hydrogens (tertiary/aromatic N) is 5. The highest BCUT2D eigenvalue weighted by Crippen LogP contribution is 2.31. The van der Waals surface area contributed by atoms with Crippen molar-refractivity contribution >= 4 is 17.1 Å². The fourth-order valence-corrected chi connectivity index (χ4v) is 3.35. The number of benzene rings is 2. The number of aromatic nitrogens is 5. The molecule has 0 aliphatic heterocycles. The first-order valence-electron chi connectivity index (χ1n) is 8.87. The third-order valence-electron chi connectivity index (χ3n) is 4.50. The molecule has 0 radical (unpaired) electrons. The lowest BCUT2D eigenvalue weighted by Gasteiger charge is -2.12. The Morgan fingerprint density at radius 3 is 2.74 bits per heavy atom. The lowest BCUT2D eigenvalue weighted by atomic mass is 9.99. The number of hydrogen-bond acceptors (Lipinski definition) is 6. The summed E-state index contributed by atoms with van der Waals surface area (Å²) in [5.41, 5.74) is 8.25. The molecule has 4 aromatic rings. The molecule has 2 aromatic carbocycles. The van der Waals surface area contributed by atoms with E-state index in [1.807, 2.05) is 6.07 Å². The first-order valence-corrected chi connectivity index (χ1v) is 9.97. The number of tetrazole rings is 1. The normalized spacial score (nSPS) is 12.1. The third-order valence-corrected chi connectivity index (χ3v) is 4.89. The highest BCUT2D eigenvalue weighted by atomic mass is 32.2. The Hall–Kier alpha value is -3.61. The predicted octanol–water partition coefficient (Wildman–Crippen LogP) is 2.48. The second kappa shape index (κ2) is 8.63. The van der Waals surface area contributed by atoms with Gasteiger partial charge in [-0.3, -0.25) is 4.55 Å². The van der Waals surface area contributed by atoms with Crippen LogP contribution in [0.4, 0.5) is 14.6 Å². The van der Waals surface area contributed by atoms with E-state index >= 15 is 0 Å². The summed E-state index contributed by atoms with van der Waals surface area (Å²) >= 11 is -2.17. The van der Waals surface area contributed by atoms with Crippen LogP contribution >= 0.6 is 0 Å². The van der Waals surface area contributed by atoms with Crippen LogP contribution in [-0.4, -0.2) is 34.0 Å². The number of nitrogens with two attached hydrogens (primary N) is 1. The fraction of sp³-hybridized carbons (Fsp3) is 0.0526. The van der Waals surface area contributed by atoms with Crippen molar-refractivity contribution in [3.05, 3.63) is 71.9 Å². The highest BCUT2D eigenvalue weighted by Gasteiger charge is 2.20. The maximum atomic E-state index is 14.3. The number of rotatable bonds is 6. The molecule has 4 N–H and O–H groups in total. The highest BCUT2D eigenvalue weighted by molar-refractivity contribution is 7.77. The lowest BCUT2D eigenvalue weighted by Crippen LogP contribution is -2.15. The summed E-state index contributed by atoms with van der Waals surface area (Å²) in [4.78, 5) is 4.19. The monoisotopic (exact) mass is 443 g/mol. The number of nitrogens with one attached hydrogen (secondary N) is 1. The molecule has 0 saturated carbocycles. The van der Waals surface area contributed by atoms with Gasteiger partial charge in [0.1, 0.15) is 11.5 Å². The van der Waals surface area contributed by atoms with E-state index in [2.05, 4.69) is 25.2 Å². The fourth-order valence-electron chi connectivity index (χ4n) is 3.07. The average Bonchev–Trinajstić information content (AvgIpc) is 3.24. The van der Waals surface area contributed by atoms with Gasteiger partial charge in [-0.05, 0) is 39.8 Å². The zero-order valence-electron chi connectivity index (χ0n) is 15.7. The van der Waals surface area contributed by atoms with E-state index in [9.17, 15) is 13.0 Å². The first-order chi connectivity index (χ1) is 15.0. The van der Waals surface area contributed by atoms with Crippen LogP contribution in [0, 0.1) is 11.6 Å². The minimum atomic E-state index is -2.17. The quantitative estimate of drug-likeness (QED) is 0.390. The number of halogens is 2. The molecule has 1 unspecified atom stereocenters. The first kappa shape index (κ1) is 20.7. The Balaban J connectivity index is 1.81. The maximum absolute atomic E-state index is 14.3. The summed E-state index contributed by atoms with van der Waals surface area (Å²) in [5, 5.41) is 11.3. The van der Waals surface area contributed by atoms with Crippen LogP contribution < -0.4 is 10.5 Å². The largest absolute Gasteiger partial charge is 0.383 e. The SMILES string of the molecule is Nc1ncc(-c2ccccc2CNS(=O)O)cc1-c1nnnn1-c1cccc(F)c1F. The van der Waals surface area contributed by atoms with E-state index in [1.54, 1.807) is 24.3 Å². The number of anilines is 1. The zero-order valence-corrected chi connectivity index (χ0v) is 16.6. The maximum Gasteiger partial charge on any atom is 0.232 e. The summed E-state index contributed by atoms with van der Waals surface area (Å²) < 4.78 is 51.5. The third kappa shape index (κ3) is 4.17. The number of hydrogen-bond donors (Lipinski definition) is 3. The minimum absolute atomic E-state index is 0.0726. The standard InChI is InChI=1S/C19H15F2N7O2S/c20-15-6-3-7-16(17(15)21)28-19(25-26-27-28)14-8-12(9-23-18(14)22)13-5-2-1-4-11(13)10-24-31(29)30/h1-9,24H,10H2,(H2,22,23)(H,29,30). The Bertz CT molecular complexity index is 1280. The zero-order chi connectivity index (χ0) is 22.0. The van der Waals surface area contributed by atoms with Gasteiger partial charge in [-0.2, -0.15) is 4.68 Å². The Morgan fingerprint density at radius 2 is 1.94 bits per heavy atom. The van der Waals surface area contributed by atoms with Crippen molar-refractivity contribution in [2.45, 2.75) is 6.54 Å². The Labute approximate surface area is 177 Å². The van der Waals surface area contributed by atoms with Gasteiger partial charge in [-0.25, -0.2) is 22.7 Å². The summed E-state index contributed by atoms with van der Waals surface area (Å²) in [6.45, 7) is 0.130. The Morgan fingerprint density at radius 1 is 1.13 bits per heavy atom. The van der Waals surface area contributed by atoms with Crippen molar-refractivity contribution in [3.8, 4) is 28.2 Å². The number of pyridine rings is 1. The van der Waals surface area contributed by atoms with E-state index in [1.165, 1.54) is 18.3 Å². The van der Waals surface area contributed by atoms with Crippen molar-refractivity contribution in [1.29, 1.82) is 0 Å². The van der Waals surface area contributed by atoms with Gasteiger partial charge < -0.3 is 5.73 Å². The molecule has 9 nitrogen and oxygen atoms in total. The van der Waals surface area contributed by atoms with Crippen LogP contribution in [0.5, 0.6) is 0 Å². The van der Waals surface area contributed by atoms with Gasteiger partial charge in [-0.15, -0.1) is 5.10 Å². The molecule has 31 heavy (non-hydrogen) atoms. The molecule has 2 aromatic heterocycles. The van der Waals surface area contributed by atoms with Crippen LogP contribution in [0.3, 0.4) is 0 Å². The van der Waals surface area contributed by atoms with E-state index < -0.39 is 22.9 Å². The topological polar surface area (TPSA) is 132 Å². The van der Waals surface area contributed by atoms with Gasteiger partial charge in [0.05, 0.1) is 5.56 Å². The van der Waals surface area contributed by atoms with Crippen LogP contribution in [0.15, 0.2) is 54.7 Å². The average molecular weight is 443 g/mol. The second-order valence-electron chi connectivity index (χ2n) is 6.37. The molecule has 0 aliphatic carbocycles. The summed E-state index contributed by atoms with van der Waals surface area (Å²) in [6.07, 6.45) is 1.53. The van der Waals surface area contributed by atoms with Crippen LogP contribution in [0.1, 0.15) is 5.56 Å². The molecule has 1 atom stereocenters. The predicted molar refractivity (Wildman–Crippen MR) is 110 cm³/mol. The van der Waals surface area contributed by atoms with E-state index in [4.69, 9.17) is 10.3 Å². The van der Waals surface area contributed by atoms with Gasteiger partial charge >= 0.3 is 0 Å². The molecule has 0 amide bonds. The molecule has 2 heterocycles. The molecule has 4 rings (SSSR count). The molecule has 158 valence electrons.